The molecular formula is C23H25N3O3. The molecule has 1 aliphatic heterocycles. The van der Waals surface area contributed by atoms with Crippen LogP contribution in [0.1, 0.15) is 35.6 Å². The number of rotatable bonds is 5. The van der Waals surface area contributed by atoms with Crippen molar-refractivity contribution in [2.45, 2.75) is 38.3 Å². The van der Waals surface area contributed by atoms with E-state index in [0.29, 0.717) is 13.0 Å². The lowest BCUT2D eigenvalue weighted by Gasteiger charge is -2.23. The van der Waals surface area contributed by atoms with Gasteiger partial charge in [0.15, 0.2) is 0 Å². The third-order valence-corrected chi connectivity index (χ3v) is 5.99. The van der Waals surface area contributed by atoms with E-state index >= 15 is 0 Å². The molecule has 1 saturated heterocycles. The fourth-order valence-electron chi connectivity index (χ4n) is 4.23. The summed E-state index contributed by atoms with van der Waals surface area (Å²) in [6.45, 7) is 2.27. The number of imide groups is 1. The molecule has 0 saturated carbocycles. The summed E-state index contributed by atoms with van der Waals surface area (Å²) < 4.78 is 0. The SMILES string of the molecule is CCc1ccc(CN(C)C(=O)CN2C(=O)N[C@@]3(CCc4ccccc43)C2=O)cc1. The number of urea groups is 1. The molecule has 1 spiro atoms. The van der Waals surface area contributed by atoms with Crippen LogP contribution in [0.25, 0.3) is 0 Å². The quantitative estimate of drug-likeness (QED) is 0.797. The van der Waals surface area contributed by atoms with E-state index in [1.54, 1.807) is 11.9 Å². The van der Waals surface area contributed by atoms with Crippen molar-refractivity contribution in [3.05, 3.63) is 70.8 Å². The molecule has 29 heavy (non-hydrogen) atoms. The minimum atomic E-state index is -1.03. The van der Waals surface area contributed by atoms with E-state index in [1.807, 2.05) is 48.5 Å². The van der Waals surface area contributed by atoms with Crippen molar-refractivity contribution in [3.8, 4) is 0 Å². The zero-order valence-corrected chi connectivity index (χ0v) is 16.8. The zero-order valence-electron chi connectivity index (χ0n) is 16.8. The second-order valence-corrected chi connectivity index (χ2v) is 7.80. The molecule has 0 bridgehead atoms. The van der Waals surface area contributed by atoms with Crippen LogP contribution in [0.15, 0.2) is 48.5 Å². The molecule has 1 aliphatic carbocycles. The number of nitrogens with one attached hydrogen (secondary N) is 1. The highest BCUT2D eigenvalue weighted by atomic mass is 16.2. The number of carbonyl (C=O) groups is 3. The normalized spacial score (nSPS) is 20.1. The number of nitrogens with zero attached hydrogens (tertiary/aromatic N) is 2. The Morgan fingerprint density at radius 2 is 1.79 bits per heavy atom. The predicted octanol–water partition coefficient (Wildman–Crippen LogP) is 2.60. The van der Waals surface area contributed by atoms with Crippen LogP contribution >= 0.6 is 0 Å². The molecule has 0 unspecified atom stereocenters. The van der Waals surface area contributed by atoms with Crippen LogP contribution < -0.4 is 5.32 Å². The van der Waals surface area contributed by atoms with Gasteiger partial charge in [0.2, 0.25) is 5.91 Å². The van der Waals surface area contributed by atoms with Crippen LogP contribution in [-0.2, 0) is 34.5 Å². The average molecular weight is 391 g/mol. The third-order valence-electron chi connectivity index (χ3n) is 5.99. The second-order valence-electron chi connectivity index (χ2n) is 7.80. The topological polar surface area (TPSA) is 69.7 Å². The maximum atomic E-state index is 13.2. The summed E-state index contributed by atoms with van der Waals surface area (Å²) in [5, 5.41) is 2.86. The Hall–Kier alpha value is -3.15. The molecule has 1 N–H and O–H groups in total. The maximum absolute atomic E-state index is 13.2. The number of hydrogen-bond donors (Lipinski definition) is 1. The van der Waals surface area contributed by atoms with Gasteiger partial charge in [0.25, 0.3) is 5.91 Å². The van der Waals surface area contributed by atoms with E-state index in [4.69, 9.17) is 0 Å². The van der Waals surface area contributed by atoms with Crippen molar-refractivity contribution < 1.29 is 14.4 Å². The lowest BCUT2D eigenvalue weighted by Crippen LogP contribution is -2.44. The molecule has 150 valence electrons. The molecule has 0 radical (unpaired) electrons. The van der Waals surface area contributed by atoms with Crippen molar-refractivity contribution in [3.63, 3.8) is 0 Å². The number of hydrogen-bond acceptors (Lipinski definition) is 3. The molecular weight excluding hydrogens is 366 g/mol. The first kappa shape index (κ1) is 19.2. The van der Waals surface area contributed by atoms with Crippen molar-refractivity contribution in [1.82, 2.24) is 15.1 Å². The molecule has 2 aliphatic rings. The van der Waals surface area contributed by atoms with Crippen molar-refractivity contribution in [1.29, 1.82) is 0 Å². The van der Waals surface area contributed by atoms with E-state index in [-0.39, 0.29) is 18.4 Å². The van der Waals surface area contributed by atoms with Crippen LogP contribution in [-0.4, -0.2) is 41.2 Å². The highest BCUT2D eigenvalue weighted by Gasteiger charge is 2.55. The molecule has 4 amide bonds. The van der Waals surface area contributed by atoms with Crippen LogP contribution in [0.2, 0.25) is 0 Å². The number of carbonyl (C=O) groups excluding carboxylic acids is 3. The van der Waals surface area contributed by atoms with Crippen molar-refractivity contribution in [2.24, 2.45) is 0 Å². The first-order chi connectivity index (χ1) is 13.9. The summed E-state index contributed by atoms with van der Waals surface area (Å²) in [7, 11) is 1.69. The summed E-state index contributed by atoms with van der Waals surface area (Å²) in [4.78, 5) is 41.1. The standard InChI is InChI=1S/C23H25N3O3/c1-3-16-8-10-17(11-9-16)14-25(2)20(27)15-26-21(28)23(24-22(26)29)13-12-18-6-4-5-7-19(18)23/h4-11H,3,12-15H2,1-2H3,(H,24,29)/t23-/m1/s1. The molecule has 2 aromatic rings. The van der Waals surface area contributed by atoms with Gasteiger partial charge in [-0.1, -0.05) is 55.5 Å². The Balaban J connectivity index is 1.46. The Kier molecular flexibility index (Phi) is 4.86. The Labute approximate surface area is 170 Å². The Morgan fingerprint density at radius 3 is 2.52 bits per heavy atom. The van der Waals surface area contributed by atoms with Crippen LogP contribution in [0.4, 0.5) is 4.79 Å². The van der Waals surface area contributed by atoms with Gasteiger partial charge in [-0.15, -0.1) is 0 Å². The Morgan fingerprint density at radius 1 is 1.10 bits per heavy atom. The summed E-state index contributed by atoms with van der Waals surface area (Å²) in [6, 6.07) is 15.3. The van der Waals surface area contributed by atoms with Crippen LogP contribution in [0, 0.1) is 0 Å². The predicted molar refractivity (Wildman–Crippen MR) is 109 cm³/mol. The van der Waals surface area contributed by atoms with Gasteiger partial charge in [-0.25, -0.2) is 4.79 Å². The minimum absolute atomic E-state index is 0.252. The summed E-state index contributed by atoms with van der Waals surface area (Å²) in [6.07, 6.45) is 2.23. The number of benzene rings is 2. The van der Waals surface area contributed by atoms with E-state index < -0.39 is 11.6 Å². The van der Waals surface area contributed by atoms with Gasteiger partial charge >= 0.3 is 6.03 Å². The zero-order chi connectivity index (χ0) is 20.6. The molecule has 6 nitrogen and oxygen atoms in total. The van der Waals surface area contributed by atoms with Gasteiger partial charge < -0.3 is 10.2 Å². The fraction of sp³-hybridized carbons (Fsp3) is 0.348. The van der Waals surface area contributed by atoms with Gasteiger partial charge in [0, 0.05) is 13.6 Å². The monoisotopic (exact) mass is 391 g/mol. The van der Waals surface area contributed by atoms with Gasteiger partial charge in [0.1, 0.15) is 12.1 Å². The van der Waals surface area contributed by atoms with E-state index in [1.165, 1.54) is 5.56 Å². The summed E-state index contributed by atoms with van der Waals surface area (Å²) >= 11 is 0. The fourth-order valence-corrected chi connectivity index (χ4v) is 4.23. The largest absolute Gasteiger partial charge is 0.340 e. The van der Waals surface area contributed by atoms with Gasteiger partial charge in [-0.2, -0.15) is 0 Å². The van der Waals surface area contributed by atoms with Gasteiger partial charge in [-0.05, 0) is 41.5 Å². The average Bonchev–Trinajstić information content (AvgIpc) is 3.22. The second kappa shape index (κ2) is 7.35. The van der Waals surface area contributed by atoms with Crippen molar-refractivity contribution >= 4 is 17.8 Å². The molecule has 0 aromatic heterocycles. The van der Waals surface area contributed by atoms with E-state index in [0.717, 1.165) is 34.4 Å². The maximum Gasteiger partial charge on any atom is 0.325 e. The highest BCUT2D eigenvalue weighted by molar-refractivity contribution is 6.09. The number of aryl methyl sites for hydroxylation is 2. The third kappa shape index (κ3) is 3.28. The van der Waals surface area contributed by atoms with Crippen molar-refractivity contribution in [2.75, 3.05) is 13.6 Å². The molecule has 4 rings (SSSR count). The smallest absolute Gasteiger partial charge is 0.325 e. The van der Waals surface area contributed by atoms with Gasteiger partial charge in [-0.3, -0.25) is 14.5 Å². The summed E-state index contributed by atoms with van der Waals surface area (Å²) in [5.41, 5.74) is 3.14. The van der Waals surface area contributed by atoms with E-state index in [2.05, 4.69) is 12.2 Å². The molecule has 1 atom stereocenters. The lowest BCUT2D eigenvalue weighted by molar-refractivity contribution is -0.138. The molecule has 6 heteroatoms. The molecule has 2 aromatic carbocycles. The number of likely N-dealkylation sites (N-methyl/N-ethyl adjacent to an activating group) is 1. The Bertz CT molecular complexity index is 970. The first-order valence-corrected chi connectivity index (χ1v) is 9.99. The highest BCUT2D eigenvalue weighted by Crippen LogP contribution is 2.41. The first-order valence-electron chi connectivity index (χ1n) is 9.99. The van der Waals surface area contributed by atoms with Crippen LogP contribution in [0.3, 0.4) is 0 Å². The lowest BCUT2D eigenvalue weighted by atomic mass is 9.92. The van der Waals surface area contributed by atoms with Crippen LogP contribution in [0.5, 0.6) is 0 Å². The summed E-state index contributed by atoms with van der Waals surface area (Å²) in [5.74, 6) is -0.599. The molecule has 1 heterocycles. The number of fused-ring (bicyclic) bond motifs is 2. The van der Waals surface area contributed by atoms with Gasteiger partial charge in [0.05, 0.1) is 0 Å². The molecule has 1 fully saturated rings. The number of amides is 4. The minimum Gasteiger partial charge on any atom is -0.340 e. The van der Waals surface area contributed by atoms with E-state index in [9.17, 15) is 14.4 Å².